The molecule has 0 radical (unpaired) electrons. The Morgan fingerprint density at radius 3 is 2.53 bits per heavy atom. The van der Waals surface area contributed by atoms with Crippen molar-refractivity contribution in [1.29, 1.82) is 0 Å². The monoisotopic (exact) mass is 267 g/mol. The van der Waals surface area contributed by atoms with Gasteiger partial charge in [0.25, 0.3) is 0 Å². The predicted molar refractivity (Wildman–Crippen MR) is 71.6 cm³/mol. The van der Waals surface area contributed by atoms with Crippen molar-refractivity contribution in [2.75, 3.05) is 26.3 Å². The maximum Gasteiger partial charge on any atom is 0.225 e. The molecule has 2 aliphatic carbocycles. The lowest BCUT2D eigenvalue weighted by atomic mass is 9.87. The minimum atomic E-state index is 0.0876. The Balaban J connectivity index is 1.47. The van der Waals surface area contributed by atoms with Crippen molar-refractivity contribution in [2.45, 2.75) is 44.6 Å². The van der Waals surface area contributed by atoms with E-state index in [1.807, 2.05) is 0 Å². The molecule has 108 valence electrons. The van der Waals surface area contributed by atoms with E-state index < -0.39 is 0 Å². The van der Waals surface area contributed by atoms with Crippen LogP contribution in [0.25, 0.3) is 0 Å². The van der Waals surface area contributed by atoms with Crippen LogP contribution < -0.4 is 0 Å². The number of aliphatic hydroxyl groups excluding tert-OH is 1. The lowest BCUT2D eigenvalue weighted by molar-refractivity contribution is -0.140. The van der Waals surface area contributed by atoms with Gasteiger partial charge in [0.2, 0.25) is 5.91 Å². The molecule has 3 unspecified atom stereocenters. The third-order valence-corrected chi connectivity index (χ3v) is 5.25. The summed E-state index contributed by atoms with van der Waals surface area (Å²) in [6, 6.07) is 0. The number of carbonyl (C=O) groups is 1. The van der Waals surface area contributed by atoms with Gasteiger partial charge >= 0.3 is 0 Å². The average Bonchev–Trinajstić information content (AvgIpc) is 3.07. The van der Waals surface area contributed by atoms with Crippen LogP contribution in [0.15, 0.2) is 0 Å². The van der Waals surface area contributed by atoms with Gasteiger partial charge in [-0.15, -0.1) is 0 Å². The van der Waals surface area contributed by atoms with E-state index in [-0.39, 0.29) is 12.7 Å². The first-order chi connectivity index (χ1) is 9.28. The fourth-order valence-corrected chi connectivity index (χ4v) is 4.24. The van der Waals surface area contributed by atoms with E-state index in [9.17, 15) is 4.79 Å². The summed E-state index contributed by atoms with van der Waals surface area (Å²) >= 11 is 0. The first-order valence-electron chi connectivity index (χ1n) is 7.79. The summed E-state index contributed by atoms with van der Waals surface area (Å²) in [5, 5.41) is 8.75. The molecule has 3 rings (SSSR count). The second-order valence-electron chi connectivity index (χ2n) is 6.40. The molecule has 19 heavy (non-hydrogen) atoms. The molecular formula is C15H25NO3. The lowest BCUT2D eigenvalue weighted by Crippen LogP contribution is -2.44. The van der Waals surface area contributed by atoms with Gasteiger partial charge < -0.3 is 14.7 Å². The number of hydrogen-bond acceptors (Lipinski definition) is 3. The number of hydrogen-bond donors (Lipinski definition) is 1. The molecule has 3 fully saturated rings. The zero-order valence-corrected chi connectivity index (χ0v) is 11.6. The fourth-order valence-electron chi connectivity index (χ4n) is 4.24. The molecule has 1 N–H and O–H groups in total. The van der Waals surface area contributed by atoms with Gasteiger partial charge in [0.1, 0.15) is 0 Å². The Morgan fingerprint density at radius 2 is 1.95 bits per heavy atom. The van der Waals surface area contributed by atoms with E-state index in [4.69, 9.17) is 9.84 Å². The van der Waals surface area contributed by atoms with Crippen LogP contribution in [0.3, 0.4) is 0 Å². The largest absolute Gasteiger partial charge is 0.394 e. The predicted octanol–water partition coefficient (Wildman–Crippen LogP) is 1.42. The van der Waals surface area contributed by atoms with Gasteiger partial charge in [-0.3, -0.25) is 4.79 Å². The Hall–Kier alpha value is -0.610. The molecule has 0 aromatic heterocycles. The molecule has 0 aromatic carbocycles. The summed E-state index contributed by atoms with van der Waals surface area (Å²) in [5.74, 6) is 2.26. The number of piperidine rings is 1. The fraction of sp³-hybridized carbons (Fsp3) is 0.933. The molecule has 1 heterocycles. The summed E-state index contributed by atoms with van der Waals surface area (Å²) in [5.41, 5.74) is 0. The summed E-state index contributed by atoms with van der Waals surface area (Å²) in [4.78, 5) is 14.6. The van der Waals surface area contributed by atoms with Crippen LogP contribution in [-0.4, -0.2) is 48.3 Å². The highest BCUT2D eigenvalue weighted by atomic mass is 16.5. The van der Waals surface area contributed by atoms with Gasteiger partial charge in [-0.1, -0.05) is 6.42 Å². The molecule has 4 nitrogen and oxygen atoms in total. The number of likely N-dealkylation sites (tertiary alicyclic amines) is 1. The minimum Gasteiger partial charge on any atom is -0.394 e. The van der Waals surface area contributed by atoms with E-state index in [0.29, 0.717) is 24.3 Å². The third kappa shape index (κ3) is 2.79. The van der Waals surface area contributed by atoms with Gasteiger partial charge in [0.15, 0.2) is 0 Å². The molecule has 3 aliphatic rings. The Kier molecular flexibility index (Phi) is 4.08. The van der Waals surface area contributed by atoms with Gasteiger partial charge in [-0.05, 0) is 43.9 Å². The number of aliphatic hydroxyl groups is 1. The van der Waals surface area contributed by atoms with Crippen LogP contribution >= 0.6 is 0 Å². The lowest BCUT2D eigenvalue weighted by Gasteiger charge is -2.35. The Morgan fingerprint density at radius 1 is 1.16 bits per heavy atom. The second kappa shape index (κ2) is 5.80. The smallest absolute Gasteiger partial charge is 0.225 e. The quantitative estimate of drug-likeness (QED) is 0.838. The molecule has 1 aliphatic heterocycles. The van der Waals surface area contributed by atoms with Crippen molar-refractivity contribution >= 4 is 5.91 Å². The zero-order chi connectivity index (χ0) is 13.2. The van der Waals surface area contributed by atoms with Crippen molar-refractivity contribution in [1.82, 2.24) is 4.90 Å². The van der Waals surface area contributed by atoms with Crippen LogP contribution in [0.4, 0.5) is 0 Å². The maximum absolute atomic E-state index is 12.6. The van der Waals surface area contributed by atoms with Crippen molar-refractivity contribution in [3.8, 4) is 0 Å². The minimum absolute atomic E-state index is 0.0876. The average molecular weight is 267 g/mol. The van der Waals surface area contributed by atoms with E-state index >= 15 is 0 Å². The Bertz CT molecular complexity index is 325. The van der Waals surface area contributed by atoms with Gasteiger partial charge in [-0.25, -0.2) is 0 Å². The Labute approximate surface area is 115 Å². The van der Waals surface area contributed by atoms with Crippen LogP contribution in [0.5, 0.6) is 0 Å². The van der Waals surface area contributed by atoms with Crippen molar-refractivity contribution in [2.24, 2.45) is 17.8 Å². The van der Waals surface area contributed by atoms with Crippen LogP contribution in [0.1, 0.15) is 38.5 Å². The molecule has 3 atom stereocenters. The van der Waals surface area contributed by atoms with Gasteiger partial charge in [0.05, 0.1) is 19.3 Å². The summed E-state index contributed by atoms with van der Waals surface area (Å²) in [7, 11) is 0. The number of nitrogens with zero attached hydrogens (tertiary/aromatic N) is 1. The summed E-state index contributed by atoms with van der Waals surface area (Å²) in [6.07, 6.45) is 7.15. The zero-order valence-electron chi connectivity index (χ0n) is 11.6. The molecule has 0 aromatic rings. The first-order valence-corrected chi connectivity index (χ1v) is 7.79. The molecule has 2 saturated carbocycles. The number of fused-ring (bicyclic) bond motifs is 2. The first kappa shape index (κ1) is 13.4. The summed E-state index contributed by atoms with van der Waals surface area (Å²) < 4.78 is 5.55. The van der Waals surface area contributed by atoms with E-state index in [2.05, 4.69) is 4.90 Å². The van der Waals surface area contributed by atoms with Crippen molar-refractivity contribution in [3.63, 3.8) is 0 Å². The number of ether oxygens (including phenoxy) is 1. The highest BCUT2D eigenvalue weighted by Crippen LogP contribution is 2.49. The summed E-state index contributed by atoms with van der Waals surface area (Å²) in [6.45, 7) is 2.18. The highest BCUT2D eigenvalue weighted by molar-refractivity contribution is 5.79. The van der Waals surface area contributed by atoms with E-state index in [1.54, 1.807) is 0 Å². The molecule has 0 spiro atoms. The van der Waals surface area contributed by atoms with Crippen LogP contribution in [0.2, 0.25) is 0 Å². The maximum atomic E-state index is 12.6. The van der Waals surface area contributed by atoms with Gasteiger partial charge in [0, 0.05) is 19.0 Å². The number of carbonyl (C=O) groups excluding carboxylic acids is 1. The van der Waals surface area contributed by atoms with Crippen LogP contribution in [0, 0.1) is 17.8 Å². The van der Waals surface area contributed by atoms with Crippen molar-refractivity contribution < 1.29 is 14.6 Å². The normalized spacial score (nSPS) is 35.0. The molecule has 1 saturated heterocycles. The van der Waals surface area contributed by atoms with Crippen LogP contribution in [-0.2, 0) is 9.53 Å². The number of amides is 1. The second-order valence-corrected chi connectivity index (χ2v) is 6.40. The number of rotatable bonds is 4. The van der Waals surface area contributed by atoms with E-state index in [1.165, 1.54) is 19.3 Å². The standard InChI is InChI=1S/C15H25NO3/c17-7-8-19-13-3-5-16(6-4-13)15(18)14-10-11-1-2-12(14)9-11/h11-14,17H,1-10H2. The highest BCUT2D eigenvalue weighted by Gasteiger charge is 2.44. The van der Waals surface area contributed by atoms with E-state index in [0.717, 1.165) is 38.3 Å². The molecule has 1 amide bonds. The molecule has 2 bridgehead atoms. The topological polar surface area (TPSA) is 49.8 Å². The van der Waals surface area contributed by atoms with Crippen molar-refractivity contribution in [3.05, 3.63) is 0 Å². The molecule has 4 heteroatoms. The van der Waals surface area contributed by atoms with Gasteiger partial charge in [-0.2, -0.15) is 0 Å². The SMILES string of the molecule is O=C(C1CC2CCC1C2)N1CCC(OCCO)CC1. The molecular weight excluding hydrogens is 242 g/mol. The third-order valence-electron chi connectivity index (χ3n) is 5.25.